The summed E-state index contributed by atoms with van der Waals surface area (Å²) in [5.41, 5.74) is 2.38. The average molecular weight is 686 g/mol. The second-order valence-corrected chi connectivity index (χ2v) is 12.7. The zero-order valence-electron chi connectivity index (χ0n) is 25.4. The van der Waals surface area contributed by atoms with Crippen LogP contribution in [0, 0.1) is 11.6 Å². The number of benzene rings is 2. The van der Waals surface area contributed by atoms with Crippen molar-refractivity contribution in [2.75, 3.05) is 60.5 Å². The molecule has 1 atom stereocenters. The molecule has 1 saturated heterocycles. The number of alkyl halides is 3. The van der Waals surface area contributed by atoms with Gasteiger partial charge in [0.1, 0.15) is 11.6 Å². The lowest BCUT2D eigenvalue weighted by Crippen LogP contribution is -2.48. The maximum atomic E-state index is 15.1. The third kappa shape index (κ3) is 8.63. The van der Waals surface area contributed by atoms with Crippen LogP contribution in [0.5, 0.6) is 0 Å². The maximum Gasteiger partial charge on any atom is 0.490 e. The molecule has 18 heteroatoms. The fourth-order valence-electron chi connectivity index (χ4n) is 4.85. The van der Waals surface area contributed by atoms with Crippen LogP contribution in [-0.4, -0.2) is 102 Å². The van der Waals surface area contributed by atoms with Crippen LogP contribution in [0.15, 0.2) is 54.7 Å². The minimum Gasteiger partial charge on any atom is -0.475 e. The highest BCUT2D eigenvalue weighted by Gasteiger charge is 2.38. The number of para-hydroxylation sites is 1. The van der Waals surface area contributed by atoms with Gasteiger partial charge in [0.2, 0.25) is 16.0 Å². The van der Waals surface area contributed by atoms with Crippen molar-refractivity contribution in [3.05, 3.63) is 66.4 Å². The van der Waals surface area contributed by atoms with Gasteiger partial charge in [-0.15, -0.1) is 5.10 Å². The number of aliphatic hydroxyl groups excluding tert-OH is 1. The molecule has 0 aliphatic carbocycles. The zero-order valence-corrected chi connectivity index (χ0v) is 26.2. The van der Waals surface area contributed by atoms with E-state index >= 15 is 8.78 Å². The Hall–Kier alpha value is -4.55. The van der Waals surface area contributed by atoms with E-state index in [-0.39, 0.29) is 17.3 Å². The average Bonchev–Trinajstić information content (AvgIpc) is 3.41. The Labute approximate surface area is 266 Å². The number of carboxylic acid groups (broad SMARTS) is 1. The number of carbonyl (C=O) groups is 1. The van der Waals surface area contributed by atoms with E-state index in [2.05, 4.69) is 20.3 Å². The van der Waals surface area contributed by atoms with Gasteiger partial charge < -0.3 is 20.4 Å². The number of nitrogens with zero attached hydrogens (tertiary/aromatic N) is 6. The molecule has 0 radical (unpaired) electrons. The first kappa shape index (κ1) is 35.3. The van der Waals surface area contributed by atoms with Gasteiger partial charge in [-0.2, -0.15) is 13.2 Å². The maximum absolute atomic E-state index is 15.1. The number of carboxylic acids is 1. The lowest BCUT2D eigenvalue weighted by atomic mass is 10.1. The van der Waals surface area contributed by atoms with Gasteiger partial charge in [-0.3, -0.25) is 9.21 Å². The van der Waals surface area contributed by atoms with Gasteiger partial charge in [0, 0.05) is 57.5 Å². The molecule has 12 nitrogen and oxygen atoms in total. The smallest absolute Gasteiger partial charge is 0.475 e. The summed E-state index contributed by atoms with van der Waals surface area (Å²) in [6.07, 6.45) is -2.86. The number of anilines is 4. The quantitative estimate of drug-likeness (QED) is 0.234. The molecule has 0 saturated carbocycles. The Morgan fingerprint density at radius 2 is 1.70 bits per heavy atom. The predicted octanol–water partition coefficient (Wildman–Crippen LogP) is 3.95. The molecular weight excluding hydrogens is 653 g/mol. The third-order valence-electron chi connectivity index (χ3n) is 7.18. The molecule has 0 unspecified atom stereocenters. The number of hydrogen-bond donors (Lipinski definition) is 3. The molecule has 0 amide bonds. The first-order valence-electron chi connectivity index (χ1n) is 14.1. The Morgan fingerprint density at radius 3 is 2.30 bits per heavy atom. The molecule has 5 rings (SSSR count). The normalized spacial score (nSPS) is 14.8. The summed E-state index contributed by atoms with van der Waals surface area (Å²) in [7, 11) is -2.04. The van der Waals surface area contributed by atoms with Gasteiger partial charge >= 0.3 is 12.1 Å². The van der Waals surface area contributed by atoms with E-state index in [4.69, 9.17) is 9.90 Å². The van der Waals surface area contributed by atoms with Crippen LogP contribution < -0.4 is 14.5 Å². The van der Waals surface area contributed by atoms with Crippen molar-refractivity contribution < 1.29 is 45.4 Å². The molecule has 47 heavy (non-hydrogen) atoms. The van der Waals surface area contributed by atoms with E-state index < -0.39 is 39.9 Å². The van der Waals surface area contributed by atoms with Crippen molar-refractivity contribution in [3.8, 4) is 11.3 Å². The van der Waals surface area contributed by atoms with Crippen LogP contribution >= 0.6 is 0 Å². The van der Waals surface area contributed by atoms with Crippen molar-refractivity contribution in [2.24, 2.45) is 0 Å². The number of piperazine rings is 1. The van der Waals surface area contributed by atoms with Crippen molar-refractivity contribution in [1.29, 1.82) is 0 Å². The molecule has 1 aliphatic heterocycles. The van der Waals surface area contributed by atoms with E-state index in [1.54, 1.807) is 52.7 Å². The number of halogens is 5. The molecule has 0 spiro atoms. The summed E-state index contributed by atoms with van der Waals surface area (Å²) in [6, 6.07) is 12.8. The minimum absolute atomic E-state index is 0.0386. The summed E-state index contributed by atoms with van der Waals surface area (Å²) in [6.45, 7) is 4.58. The van der Waals surface area contributed by atoms with Crippen LogP contribution in [0.1, 0.15) is 6.92 Å². The fraction of sp³-hybridized carbons (Fsp3) is 0.345. The highest BCUT2D eigenvalue weighted by Crippen LogP contribution is 2.33. The first-order chi connectivity index (χ1) is 22.0. The number of β-amino-alcohol motifs (C(OH)–C–C–N with tert-alkyl or cyclic N) is 1. The number of sulfonamides is 1. The zero-order chi connectivity index (χ0) is 34.7. The van der Waals surface area contributed by atoms with Gasteiger partial charge in [0.25, 0.3) is 0 Å². The molecule has 3 N–H and O–H groups in total. The Morgan fingerprint density at radius 1 is 1.06 bits per heavy atom. The summed E-state index contributed by atoms with van der Waals surface area (Å²) in [5, 5.41) is 24.0. The summed E-state index contributed by atoms with van der Waals surface area (Å²) in [5.74, 6) is -3.95. The van der Waals surface area contributed by atoms with E-state index in [0.29, 0.717) is 55.2 Å². The second-order valence-electron chi connectivity index (χ2n) is 10.7. The number of aliphatic hydroxyl groups is 1. The van der Waals surface area contributed by atoms with Crippen molar-refractivity contribution >= 4 is 44.5 Å². The SMILES string of the molecule is C[C@H](O)CN1CCN(c2cc(F)c(Nc3ncc4ccc(-c5ccccc5N(C)S(C)(=O)=O)n4n3)cc2F)CC1.O=C(O)C(F)(F)F. The standard InChI is InChI=1S/C27H31F2N7O3S.C2HF3O2/c1-18(37)17-34-10-12-35(13-11-34)26-15-21(28)23(14-22(26)29)31-27-30-16-19-8-9-25(36(19)32-27)20-6-4-5-7-24(20)33(2)40(3,38)39;3-2(4,5)1(6)7/h4-9,14-16,18,37H,10-13,17H2,1-3H3,(H,31,32);(H,6,7)/t18-;/m0./s1. The predicted molar refractivity (Wildman–Crippen MR) is 165 cm³/mol. The van der Waals surface area contributed by atoms with E-state index in [1.807, 2.05) is 0 Å². The summed E-state index contributed by atoms with van der Waals surface area (Å²) in [4.78, 5) is 17.0. The van der Waals surface area contributed by atoms with Crippen molar-refractivity contribution in [1.82, 2.24) is 19.5 Å². The van der Waals surface area contributed by atoms with Gasteiger partial charge in [0.05, 0.1) is 46.8 Å². The molecule has 254 valence electrons. The molecule has 0 bridgehead atoms. The Kier molecular flexibility index (Phi) is 10.6. The molecule has 3 heterocycles. The van der Waals surface area contributed by atoms with Crippen LogP contribution in [0.25, 0.3) is 16.8 Å². The molecule has 4 aromatic rings. The summed E-state index contributed by atoms with van der Waals surface area (Å²) < 4.78 is 89.2. The molecule has 2 aromatic heterocycles. The number of hydrogen-bond acceptors (Lipinski definition) is 9. The largest absolute Gasteiger partial charge is 0.490 e. The molecule has 2 aromatic carbocycles. The Balaban J connectivity index is 0.000000644. The third-order valence-corrected chi connectivity index (χ3v) is 8.37. The second kappa shape index (κ2) is 14.1. The minimum atomic E-state index is -5.08. The molecular formula is C29H32F5N7O5S. The van der Waals surface area contributed by atoms with E-state index in [9.17, 15) is 26.7 Å². The fourth-order valence-corrected chi connectivity index (χ4v) is 5.36. The number of aliphatic carboxylic acids is 1. The van der Waals surface area contributed by atoms with Crippen LogP contribution in [0.4, 0.5) is 45.0 Å². The van der Waals surface area contributed by atoms with Crippen molar-refractivity contribution in [3.63, 3.8) is 0 Å². The molecule has 1 aliphatic rings. The lowest BCUT2D eigenvalue weighted by Gasteiger charge is -2.36. The van der Waals surface area contributed by atoms with Gasteiger partial charge in [-0.1, -0.05) is 18.2 Å². The van der Waals surface area contributed by atoms with Crippen molar-refractivity contribution in [2.45, 2.75) is 19.2 Å². The van der Waals surface area contributed by atoms with Gasteiger partial charge in [-0.25, -0.2) is 31.5 Å². The summed E-state index contributed by atoms with van der Waals surface area (Å²) >= 11 is 0. The topological polar surface area (TPSA) is 144 Å². The van der Waals surface area contributed by atoms with Crippen LogP contribution in [-0.2, 0) is 14.8 Å². The van der Waals surface area contributed by atoms with E-state index in [1.165, 1.54) is 23.6 Å². The first-order valence-corrected chi connectivity index (χ1v) is 15.9. The number of aromatic nitrogens is 3. The van der Waals surface area contributed by atoms with E-state index in [0.717, 1.165) is 12.3 Å². The highest BCUT2D eigenvalue weighted by molar-refractivity contribution is 7.92. The highest BCUT2D eigenvalue weighted by atomic mass is 32.2. The van der Waals surface area contributed by atoms with Crippen LogP contribution in [0.2, 0.25) is 0 Å². The Bertz CT molecular complexity index is 1840. The number of nitrogens with one attached hydrogen (secondary N) is 1. The number of fused-ring (bicyclic) bond motifs is 1. The van der Waals surface area contributed by atoms with Gasteiger partial charge in [-0.05, 0) is 25.1 Å². The lowest BCUT2D eigenvalue weighted by molar-refractivity contribution is -0.192. The van der Waals surface area contributed by atoms with Crippen LogP contribution in [0.3, 0.4) is 0 Å². The monoisotopic (exact) mass is 685 g/mol. The molecule has 1 fully saturated rings. The number of rotatable bonds is 8. The van der Waals surface area contributed by atoms with Gasteiger partial charge in [0.15, 0.2) is 0 Å².